The van der Waals surface area contributed by atoms with Crippen molar-refractivity contribution >= 4 is 5.91 Å². The first-order chi connectivity index (χ1) is 13.1. The van der Waals surface area contributed by atoms with Gasteiger partial charge in [-0.2, -0.15) is 0 Å². The Kier molecular flexibility index (Phi) is 6.85. The van der Waals surface area contributed by atoms with Crippen molar-refractivity contribution in [3.8, 4) is 5.75 Å². The summed E-state index contributed by atoms with van der Waals surface area (Å²) in [6.45, 7) is 7.88. The lowest BCUT2D eigenvalue weighted by Gasteiger charge is -2.35. The number of carbonyl (C=O) groups is 1. The van der Waals surface area contributed by atoms with Crippen LogP contribution in [0.2, 0.25) is 0 Å². The topological polar surface area (TPSA) is 50.8 Å². The van der Waals surface area contributed by atoms with Gasteiger partial charge < -0.3 is 14.8 Å². The third-order valence-electron chi connectivity index (χ3n) is 4.80. The van der Waals surface area contributed by atoms with E-state index in [0.29, 0.717) is 12.3 Å². The molecule has 0 radical (unpaired) electrons. The van der Waals surface area contributed by atoms with Crippen LogP contribution in [0.5, 0.6) is 5.75 Å². The first-order valence-electron chi connectivity index (χ1n) is 9.46. The van der Waals surface area contributed by atoms with Gasteiger partial charge in [0.1, 0.15) is 5.75 Å². The number of benzene rings is 2. The summed E-state index contributed by atoms with van der Waals surface area (Å²) in [7, 11) is 0. The monoisotopic (exact) mass is 368 g/mol. The number of nitrogens with zero attached hydrogens (tertiary/aromatic N) is 1. The Balaban J connectivity index is 1.58. The van der Waals surface area contributed by atoms with Gasteiger partial charge in [-0.1, -0.05) is 47.5 Å². The van der Waals surface area contributed by atoms with E-state index in [2.05, 4.69) is 41.4 Å². The Hall–Kier alpha value is -2.37. The second-order valence-corrected chi connectivity index (χ2v) is 6.98. The van der Waals surface area contributed by atoms with E-state index < -0.39 is 0 Å². The smallest absolute Gasteiger partial charge is 0.258 e. The van der Waals surface area contributed by atoms with Crippen LogP contribution in [0, 0.1) is 13.8 Å². The summed E-state index contributed by atoms with van der Waals surface area (Å²) < 4.78 is 11.1. The molecule has 1 unspecified atom stereocenters. The van der Waals surface area contributed by atoms with Crippen molar-refractivity contribution in [2.45, 2.75) is 19.9 Å². The van der Waals surface area contributed by atoms with E-state index in [9.17, 15) is 4.79 Å². The number of hydrogen-bond acceptors (Lipinski definition) is 4. The molecule has 0 aromatic heterocycles. The van der Waals surface area contributed by atoms with Gasteiger partial charge in [0, 0.05) is 19.6 Å². The minimum absolute atomic E-state index is 0.0205. The highest BCUT2D eigenvalue weighted by Gasteiger charge is 2.23. The SMILES string of the molecule is Cc1ccc(OCC(=O)NCC(c2cccc(C)c2)N2CCOCC2)cc1. The van der Waals surface area contributed by atoms with E-state index in [0.717, 1.165) is 26.3 Å². The molecule has 0 saturated carbocycles. The Labute approximate surface area is 161 Å². The number of rotatable bonds is 7. The molecule has 0 bridgehead atoms. The predicted octanol–water partition coefficient (Wildman–Crippen LogP) is 2.87. The van der Waals surface area contributed by atoms with E-state index in [1.54, 1.807) is 0 Å². The highest BCUT2D eigenvalue weighted by Crippen LogP contribution is 2.22. The fourth-order valence-corrected chi connectivity index (χ4v) is 3.27. The normalized spacial score (nSPS) is 15.9. The van der Waals surface area contributed by atoms with Crippen LogP contribution in [0.15, 0.2) is 48.5 Å². The molecule has 3 rings (SSSR count). The Morgan fingerprint density at radius 2 is 1.85 bits per heavy atom. The lowest BCUT2D eigenvalue weighted by molar-refractivity contribution is -0.123. The molecule has 5 heteroatoms. The number of ether oxygens (including phenoxy) is 2. The minimum Gasteiger partial charge on any atom is -0.484 e. The summed E-state index contributed by atoms with van der Waals surface area (Å²) in [6.07, 6.45) is 0. The molecule has 1 amide bonds. The molecule has 1 N–H and O–H groups in total. The lowest BCUT2D eigenvalue weighted by Crippen LogP contribution is -2.44. The largest absolute Gasteiger partial charge is 0.484 e. The standard InChI is InChI=1S/C22H28N2O3/c1-17-6-8-20(9-7-17)27-16-22(25)23-15-21(24-10-12-26-13-11-24)19-5-3-4-18(2)14-19/h3-9,14,21H,10-13,15-16H2,1-2H3,(H,23,25). The molecule has 0 aliphatic carbocycles. The third-order valence-corrected chi connectivity index (χ3v) is 4.80. The van der Waals surface area contributed by atoms with Crippen molar-refractivity contribution < 1.29 is 14.3 Å². The fourth-order valence-electron chi connectivity index (χ4n) is 3.27. The highest BCUT2D eigenvalue weighted by molar-refractivity contribution is 5.77. The van der Waals surface area contributed by atoms with Gasteiger partial charge in [-0.3, -0.25) is 9.69 Å². The molecule has 27 heavy (non-hydrogen) atoms. The summed E-state index contributed by atoms with van der Waals surface area (Å²) in [5.41, 5.74) is 3.61. The zero-order valence-electron chi connectivity index (χ0n) is 16.1. The predicted molar refractivity (Wildman–Crippen MR) is 106 cm³/mol. The number of nitrogens with one attached hydrogen (secondary N) is 1. The van der Waals surface area contributed by atoms with Gasteiger partial charge in [-0.25, -0.2) is 0 Å². The van der Waals surface area contributed by atoms with Crippen LogP contribution in [0.4, 0.5) is 0 Å². The quantitative estimate of drug-likeness (QED) is 0.817. The molecule has 1 saturated heterocycles. The molecule has 0 spiro atoms. The summed E-state index contributed by atoms with van der Waals surface area (Å²) in [5.74, 6) is 0.598. The summed E-state index contributed by atoms with van der Waals surface area (Å²) >= 11 is 0. The Bertz CT molecular complexity index is 739. The van der Waals surface area contributed by atoms with Gasteiger partial charge in [0.05, 0.1) is 19.3 Å². The molecule has 1 aliphatic heterocycles. The van der Waals surface area contributed by atoms with Crippen LogP contribution < -0.4 is 10.1 Å². The molecule has 1 fully saturated rings. The van der Waals surface area contributed by atoms with Crippen molar-refractivity contribution in [1.82, 2.24) is 10.2 Å². The number of aryl methyl sites for hydroxylation is 2. The van der Waals surface area contributed by atoms with Crippen LogP contribution in [0.1, 0.15) is 22.7 Å². The first kappa shape index (κ1) is 19.4. The van der Waals surface area contributed by atoms with E-state index >= 15 is 0 Å². The van der Waals surface area contributed by atoms with Crippen LogP contribution in [0.25, 0.3) is 0 Å². The van der Waals surface area contributed by atoms with Crippen LogP contribution in [0.3, 0.4) is 0 Å². The first-order valence-corrected chi connectivity index (χ1v) is 9.46. The average Bonchev–Trinajstić information content (AvgIpc) is 2.69. The maximum atomic E-state index is 12.3. The van der Waals surface area contributed by atoms with Crippen molar-refractivity contribution in [1.29, 1.82) is 0 Å². The second kappa shape index (κ2) is 9.53. The average molecular weight is 368 g/mol. The molecule has 144 valence electrons. The molecule has 2 aromatic carbocycles. The minimum atomic E-state index is -0.110. The number of amides is 1. The van der Waals surface area contributed by atoms with E-state index in [4.69, 9.17) is 9.47 Å². The summed E-state index contributed by atoms with van der Waals surface area (Å²) in [6, 6.07) is 16.3. The van der Waals surface area contributed by atoms with E-state index in [-0.39, 0.29) is 18.6 Å². The summed E-state index contributed by atoms with van der Waals surface area (Å²) in [5, 5.41) is 3.03. The molecular weight excluding hydrogens is 340 g/mol. The molecule has 2 aromatic rings. The van der Waals surface area contributed by atoms with Crippen molar-refractivity contribution in [3.63, 3.8) is 0 Å². The van der Waals surface area contributed by atoms with Crippen LogP contribution in [-0.2, 0) is 9.53 Å². The van der Waals surface area contributed by atoms with Gasteiger partial charge in [-0.05, 0) is 31.5 Å². The Morgan fingerprint density at radius 3 is 2.56 bits per heavy atom. The Morgan fingerprint density at radius 1 is 1.11 bits per heavy atom. The van der Waals surface area contributed by atoms with Crippen LogP contribution in [-0.4, -0.2) is 50.3 Å². The maximum Gasteiger partial charge on any atom is 0.258 e. The van der Waals surface area contributed by atoms with Crippen molar-refractivity contribution in [2.75, 3.05) is 39.5 Å². The molecule has 1 aliphatic rings. The van der Waals surface area contributed by atoms with Gasteiger partial charge in [-0.15, -0.1) is 0 Å². The molecule has 1 atom stereocenters. The van der Waals surface area contributed by atoms with Crippen LogP contribution >= 0.6 is 0 Å². The number of hydrogen-bond donors (Lipinski definition) is 1. The molecule has 1 heterocycles. The summed E-state index contributed by atoms with van der Waals surface area (Å²) in [4.78, 5) is 14.7. The van der Waals surface area contributed by atoms with Gasteiger partial charge >= 0.3 is 0 Å². The number of carbonyl (C=O) groups excluding carboxylic acids is 1. The zero-order chi connectivity index (χ0) is 19.1. The molecule has 5 nitrogen and oxygen atoms in total. The fraction of sp³-hybridized carbons (Fsp3) is 0.409. The highest BCUT2D eigenvalue weighted by atomic mass is 16.5. The van der Waals surface area contributed by atoms with Crippen molar-refractivity contribution in [2.24, 2.45) is 0 Å². The van der Waals surface area contributed by atoms with E-state index in [1.165, 1.54) is 16.7 Å². The molecular formula is C22H28N2O3. The van der Waals surface area contributed by atoms with Gasteiger partial charge in [0.25, 0.3) is 5.91 Å². The van der Waals surface area contributed by atoms with E-state index in [1.807, 2.05) is 31.2 Å². The zero-order valence-corrected chi connectivity index (χ0v) is 16.1. The third kappa shape index (κ3) is 5.81. The van der Waals surface area contributed by atoms with Gasteiger partial charge in [0.2, 0.25) is 0 Å². The number of morpholine rings is 1. The lowest BCUT2D eigenvalue weighted by atomic mass is 10.0. The second-order valence-electron chi connectivity index (χ2n) is 6.98. The van der Waals surface area contributed by atoms with Crippen molar-refractivity contribution in [3.05, 3.63) is 65.2 Å². The van der Waals surface area contributed by atoms with Gasteiger partial charge in [0.15, 0.2) is 6.61 Å². The maximum absolute atomic E-state index is 12.3.